The van der Waals surface area contributed by atoms with E-state index in [2.05, 4.69) is 10.6 Å². The SMILES string of the molecule is CC(C)C(C)NC(=O)NC1C2CCC(C2)C1C(=O)O. The Balaban J connectivity index is 1.94. The number of hydrogen-bond donors (Lipinski definition) is 3. The molecule has 0 aliphatic heterocycles. The highest BCUT2D eigenvalue weighted by Crippen LogP contribution is 2.48. The highest BCUT2D eigenvalue weighted by Gasteiger charge is 2.51. The van der Waals surface area contributed by atoms with Crippen LogP contribution >= 0.6 is 0 Å². The van der Waals surface area contributed by atoms with Crippen molar-refractivity contribution in [2.45, 2.75) is 52.1 Å². The molecule has 0 aromatic heterocycles. The first kappa shape index (κ1) is 14.2. The smallest absolute Gasteiger partial charge is 0.315 e. The number of amides is 2. The molecule has 3 N–H and O–H groups in total. The largest absolute Gasteiger partial charge is 0.481 e. The first-order valence-electron chi connectivity index (χ1n) is 7.20. The monoisotopic (exact) mass is 268 g/mol. The van der Waals surface area contributed by atoms with Crippen molar-refractivity contribution in [2.75, 3.05) is 0 Å². The number of carboxylic acid groups (broad SMARTS) is 1. The van der Waals surface area contributed by atoms with Crippen molar-refractivity contribution in [3.63, 3.8) is 0 Å². The van der Waals surface area contributed by atoms with Crippen molar-refractivity contribution in [3.8, 4) is 0 Å². The standard InChI is InChI=1S/C14H24N2O3/c1-7(2)8(3)15-14(19)16-12-10-5-4-9(6-10)11(12)13(17)18/h7-12H,4-6H2,1-3H3,(H,17,18)(H2,15,16,19). The van der Waals surface area contributed by atoms with Gasteiger partial charge in [0, 0.05) is 12.1 Å². The maximum atomic E-state index is 11.9. The average molecular weight is 268 g/mol. The second-order valence-electron chi connectivity index (χ2n) is 6.37. The number of urea groups is 1. The Hall–Kier alpha value is -1.26. The summed E-state index contributed by atoms with van der Waals surface area (Å²) in [6.07, 6.45) is 2.98. The van der Waals surface area contributed by atoms with Crippen molar-refractivity contribution in [1.82, 2.24) is 10.6 Å². The highest BCUT2D eigenvalue weighted by molar-refractivity contribution is 5.77. The van der Waals surface area contributed by atoms with Crippen LogP contribution in [-0.4, -0.2) is 29.2 Å². The molecule has 108 valence electrons. The van der Waals surface area contributed by atoms with E-state index < -0.39 is 11.9 Å². The first-order chi connectivity index (χ1) is 8.90. The summed E-state index contributed by atoms with van der Waals surface area (Å²) in [5.41, 5.74) is 0. The number of aliphatic carboxylic acids is 1. The molecule has 2 aliphatic rings. The van der Waals surface area contributed by atoms with Crippen LogP contribution in [0.1, 0.15) is 40.0 Å². The van der Waals surface area contributed by atoms with Gasteiger partial charge in [0.2, 0.25) is 0 Å². The zero-order valence-corrected chi connectivity index (χ0v) is 11.8. The topological polar surface area (TPSA) is 78.4 Å². The number of rotatable bonds is 4. The van der Waals surface area contributed by atoms with Crippen molar-refractivity contribution in [3.05, 3.63) is 0 Å². The fourth-order valence-corrected chi connectivity index (χ4v) is 3.42. The molecule has 0 aromatic carbocycles. The number of nitrogens with one attached hydrogen (secondary N) is 2. The quantitative estimate of drug-likeness (QED) is 0.728. The molecular formula is C14H24N2O3. The zero-order valence-electron chi connectivity index (χ0n) is 11.8. The molecule has 0 saturated heterocycles. The first-order valence-corrected chi connectivity index (χ1v) is 7.20. The summed E-state index contributed by atoms with van der Waals surface area (Å²) in [4.78, 5) is 23.3. The van der Waals surface area contributed by atoms with Gasteiger partial charge in [-0.15, -0.1) is 0 Å². The summed E-state index contributed by atoms with van der Waals surface area (Å²) in [5, 5.41) is 15.1. The van der Waals surface area contributed by atoms with Gasteiger partial charge < -0.3 is 15.7 Å². The van der Waals surface area contributed by atoms with E-state index in [1.807, 2.05) is 20.8 Å². The maximum Gasteiger partial charge on any atom is 0.315 e. The van der Waals surface area contributed by atoms with Gasteiger partial charge in [0.15, 0.2) is 0 Å². The third-order valence-electron chi connectivity index (χ3n) is 4.86. The lowest BCUT2D eigenvalue weighted by Crippen LogP contribution is -2.52. The van der Waals surface area contributed by atoms with Gasteiger partial charge in [-0.1, -0.05) is 13.8 Å². The molecule has 5 heteroatoms. The molecule has 0 heterocycles. The average Bonchev–Trinajstić information content (AvgIpc) is 2.88. The van der Waals surface area contributed by atoms with E-state index in [0.29, 0.717) is 11.8 Å². The van der Waals surface area contributed by atoms with E-state index in [4.69, 9.17) is 0 Å². The summed E-state index contributed by atoms with van der Waals surface area (Å²) in [5.74, 6) is -0.226. The maximum absolute atomic E-state index is 11.9. The number of fused-ring (bicyclic) bond motifs is 2. The Morgan fingerprint density at radius 2 is 1.79 bits per heavy atom. The summed E-state index contributed by atoms with van der Waals surface area (Å²) in [6, 6.07) is -0.345. The second-order valence-corrected chi connectivity index (χ2v) is 6.37. The van der Waals surface area contributed by atoms with Gasteiger partial charge in [-0.25, -0.2) is 4.79 Å². The Morgan fingerprint density at radius 1 is 1.16 bits per heavy atom. The highest BCUT2D eigenvalue weighted by atomic mass is 16.4. The molecule has 5 atom stereocenters. The lowest BCUT2D eigenvalue weighted by Gasteiger charge is -2.29. The van der Waals surface area contributed by atoms with Crippen molar-refractivity contribution in [1.29, 1.82) is 0 Å². The van der Waals surface area contributed by atoms with Crippen LogP contribution in [0.15, 0.2) is 0 Å². The van der Waals surface area contributed by atoms with Crippen LogP contribution in [0.4, 0.5) is 4.79 Å². The molecule has 2 bridgehead atoms. The summed E-state index contributed by atoms with van der Waals surface area (Å²) in [6.45, 7) is 6.05. The Bertz CT molecular complexity index is 370. The van der Waals surface area contributed by atoms with Gasteiger partial charge in [-0.05, 0) is 43.9 Å². The van der Waals surface area contributed by atoms with Crippen molar-refractivity contribution < 1.29 is 14.7 Å². The molecule has 2 amide bonds. The van der Waals surface area contributed by atoms with Gasteiger partial charge in [-0.3, -0.25) is 4.79 Å². The van der Waals surface area contributed by atoms with Crippen molar-refractivity contribution in [2.24, 2.45) is 23.7 Å². The van der Waals surface area contributed by atoms with Gasteiger partial charge >= 0.3 is 12.0 Å². The molecule has 0 spiro atoms. The molecule has 2 fully saturated rings. The Labute approximate surface area is 114 Å². The van der Waals surface area contributed by atoms with E-state index in [1.54, 1.807) is 0 Å². The van der Waals surface area contributed by atoms with E-state index in [0.717, 1.165) is 19.3 Å². The van der Waals surface area contributed by atoms with E-state index in [1.165, 1.54) is 0 Å². The summed E-state index contributed by atoms with van der Waals surface area (Å²) in [7, 11) is 0. The van der Waals surface area contributed by atoms with Crippen LogP contribution in [0.2, 0.25) is 0 Å². The second kappa shape index (κ2) is 5.39. The fraction of sp³-hybridized carbons (Fsp3) is 0.857. The summed E-state index contributed by atoms with van der Waals surface area (Å²) < 4.78 is 0. The number of carboxylic acids is 1. The number of carbonyl (C=O) groups excluding carboxylic acids is 1. The third kappa shape index (κ3) is 2.85. The molecule has 2 saturated carbocycles. The predicted molar refractivity (Wildman–Crippen MR) is 71.7 cm³/mol. The minimum absolute atomic E-state index is 0.0851. The van der Waals surface area contributed by atoms with Crippen LogP contribution in [0.25, 0.3) is 0 Å². The van der Waals surface area contributed by atoms with Crippen molar-refractivity contribution >= 4 is 12.0 Å². The van der Waals surface area contributed by atoms with Gasteiger partial charge in [0.1, 0.15) is 0 Å². The minimum atomic E-state index is -0.769. The fourth-order valence-electron chi connectivity index (χ4n) is 3.42. The predicted octanol–water partition coefficient (Wildman–Crippen LogP) is 1.83. The Morgan fingerprint density at radius 3 is 2.37 bits per heavy atom. The van der Waals surface area contributed by atoms with E-state index in [-0.39, 0.29) is 24.0 Å². The molecule has 0 radical (unpaired) electrons. The molecule has 19 heavy (non-hydrogen) atoms. The van der Waals surface area contributed by atoms with Crippen LogP contribution in [0.3, 0.4) is 0 Å². The van der Waals surface area contributed by atoms with E-state index >= 15 is 0 Å². The molecule has 2 aliphatic carbocycles. The normalized spacial score (nSPS) is 34.3. The minimum Gasteiger partial charge on any atom is -0.481 e. The Kier molecular flexibility index (Phi) is 4.02. The number of hydrogen-bond acceptors (Lipinski definition) is 2. The number of carbonyl (C=O) groups is 2. The lowest BCUT2D eigenvalue weighted by molar-refractivity contribution is -0.144. The van der Waals surface area contributed by atoms with Gasteiger partial charge in [-0.2, -0.15) is 0 Å². The van der Waals surface area contributed by atoms with Crippen LogP contribution < -0.4 is 10.6 Å². The molecular weight excluding hydrogens is 244 g/mol. The molecule has 5 unspecified atom stereocenters. The lowest BCUT2D eigenvalue weighted by atomic mass is 9.84. The van der Waals surface area contributed by atoms with E-state index in [9.17, 15) is 14.7 Å². The van der Waals surface area contributed by atoms with Crippen LogP contribution in [-0.2, 0) is 4.79 Å². The van der Waals surface area contributed by atoms with Crippen LogP contribution in [0, 0.1) is 23.7 Å². The van der Waals surface area contributed by atoms with Gasteiger partial charge in [0.25, 0.3) is 0 Å². The molecule has 2 rings (SSSR count). The molecule has 5 nitrogen and oxygen atoms in total. The summed E-state index contributed by atoms with van der Waals surface area (Å²) >= 11 is 0. The van der Waals surface area contributed by atoms with Gasteiger partial charge in [0.05, 0.1) is 5.92 Å². The zero-order chi connectivity index (χ0) is 14.2. The molecule has 0 aromatic rings. The third-order valence-corrected chi connectivity index (χ3v) is 4.86. The van der Waals surface area contributed by atoms with Crippen LogP contribution in [0.5, 0.6) is 0 Å².